The fraction of sp³-hybridized carbons (Fsp3) is 0.125. The molecule has 0 aliphatic carbocycles. The van der Waals surface area contributed by atoms with Crippen LogP contribution < -0.4 is 0 Å². The number of halogens is 3. The van der Waals surface area contributed by atoms with Gasteiger partial charge in [0.15, 0.2) is 5.82 Å². The van der Waals surface area contributed by atoms with Crippen molar-refractivity contribution in [3.63, 3.8) is 0 Å². The van der Waals surface area contributed by atoms with Crippen molar-refractivity contribution in [3.05, 3.63) is 57.5 Å². The highest BCUT2D eigenvalue weighted by atomic mass is 35.5. The molecule has 0 bridgehead atoms. The van der Waals surface area contributed by atoms with E-state index in [-0.39, 0.29) is 5.02 Å². The highest BCUT2D eigenvalue weighted by Gasteiger charge is 2.14. The number of rotatable bonds is 1. The van der Waals surface area contributed by atoms with Crippen LogP contribution in [0.3, 0.4) is 0 Å². The molecule has 1 aromatic heterocycles. The fourth-order valence-electron chi connectivity index (χ4n) is 2.39. The van der Waals surface area contributed by atoms with Crippen molar-refractivity contribution in [1.29, 1.82) is 0 Å². The number of benzene rings is 2. The van der Waals surface area contributed by atoms with Crippen LogP contribution in [0.5, 0.6) is 0 Å². The quantitative estimate of drug-likeness (QED) is 0.564. The van der Waals surface area contributed by atoms with Crippen LogP contribution in [0.15, 0.2) is 30.3 Å². The minimum absolute atomic E-state index is 0.00251. The van der Waals surface area contributed by atoms with Gasteiger partial charge in [0.1, 0.15) is 11.0 Å². The van der Waals surface area contributed by atoms with Gasteiger partial charge in [0, 0.05) is 10.9 Å². The first-order chi connectivity index (χ1) is 9.97. The average Bonchev–Trinajstić information content (AvgIpc) is 2.40. The highest BCUT2D eigenvalue weighted by molar-refractivity contribution is 6.35. The Labute approximate surface area is 131 Å². The third-order valence-electron chi connectivity index (χ3n) is 3.29. The Morgan fingerprint density at radius 1 is 1.05 bits per heavy atom. The van der Waals surface area contributed by atoms with Gasteiger partial charge in [0.05, 0.1) is 10.5 Å². The van der Waals surface area contributed by atoms with E-state index in [0.29, 0.717) is 16.5 Å². The molecule has 5 heteroatoms. The van der Waals surface area contributed by atoms with Crippen molar-refractivity contribution in [2.45, 2.75) is 13.8 Å². The normalized spacial score (nSPS) is 11.1. The van der Waals surface area contributed by atoms with Crippen molar-refractivity contribution in [3.8, 4) is 11.4 Å². The molecule has 0 saturated carbocycles. The average molecular weight is 321 g/mol. The molecular weight excluding hydrogens is 310 g/mol. The summed E-state index contributed by atoms with van der Waals surface area (Å²) in [6.07, 6.45) is 0. The van der Waals surface area contributed by atoms with Gasteiger partial charge in [-0.05, 0) is 43.2 Å². The molecule has 3 rings (SSSR count). The molecule has 3 aromatic rings. The third kappa shape index (κ3) is 2.47. The molecule has 0 unspecified atom stereocenters. The second-order valence-electron chi connectivity index (χ2n) is 4.92. The fourth-order valence-corrected chi connectivity index (χ4v) is 2.92. The molecule has 0 aliphatic heterocycles. The highest BCUT2D eigenvalue weighted by Crippen LogP contribution is 2.32. The van der Waals surface area contributed by atoms with Crippen LogP contribution in [-0.4, -0.2) is 9.97 Å². The molecule has 2 aromatic carbocycles. The molecule has 106 valence electrons. The van der Waals surface area contributed by atoms with Crippen molar-refractivity contribution in [1.82, 2.24) is 9.97 Å². The van der Waals surface area contributed by atoms with E-state index in [4.69, 9.17) is 23.2 Å². The summed E-state index contributed by atoms with van der Waals surface area (Å²) in [6.45, 7) is 3.94. The molecule has 0 spiro atoms. The lowest BCUT2D eigenvalue weighted by molar-refractivity contribution is 0.628. The lowest BCUT2D eigenvalue weighted by Crippen LogP contribution is -1.95. The van der Waals surface area contributed by atoms with Gasteiger partial charge in [-0.1, -0.05) is 35.3 Å². The number of hydrogen-bond donors (Lipinski definition) is 0. The lowest BCUT2D eigenvalue weighted by atomic mass is 10.1. The Morgan fingerprint density at radius 2 is 1.81 bits per heavy atom. The van der Waals surface area contributed by atoms with E-state index < -0.39 is 5.82 Å². The number of fused-ring (bicyclic) bond motifs is 1. The molecule has 0 radical (unpaired) electrons. The summed E-state index contributed by atoms with van der Waals surface area (Å²) >= 11 is 12.3. The number of nitrogens with zero attached hydrogens (tertiary/aromatic N) is 2. The first kappa shape index (κ1) is 14.2. The van der Waals surface area contributed by atoms with Gasteiger partial charge in [0.2, 0.25) is 0 Å². The Balaban J connectivity index is 2.33. The van der Waals surface area contributed by atoms with Gasteiger partial charge in [-0.3, -0.25) is 0 Å². The Bertz CT molecular complexity index is 863. The Hall–Kier alpha value is -1.71. The van der Waals surface area contributed by atoms with E-state index in [2.05, 4.69) is 9.97 Å². The number of aromatic nitrogens is 2. The van der Waals surface area contributed by atoms with Crippen molar-refractivity contribution >= 4 is 34.1 Å². The maximum atomic E-state index is 13.6. The second-order valence-corrected chi connectivity index (χ2v) is 5.65. The summed E-state index contributed by atoms with van der Waals surface area (Å²) in [4.78, 5) is 8.75. The standard InChI is InChI=1S/C16H11Cl2FN2/c1-8-6-9(2)13-12(7-8)20-16(21-15(13)18)10-4-3-5-11(19)14(10)17/h3-7H,1-2H3. The maximum Gasteiger partial charge on any atom is 0.163 e. The molecule has 2 nitrogen and oxygen atoms in total. The number of hydrogen-bond acceptors (Lipinski definition) is 2. The molecule has 0 N–H and O–H groups in total. The van der Waals surface area contributed by atoms with Crippen LogP contribution in [0.1, 0.15) is 11.1 Å². The molecule has 0 fully saturated rings. The zero-order chi connectivity index (χ0) is 15.1. The zero-order valence-electron chi connectivity index (χ0n) is 11.4. The van der Waals surface area contributed by atoms with Gasteiger partial charge in [-0.15, -0.1) is 0 Å². The van der Waals surface area contributed by atoms with Crippen LogP contribution >= 0.6 is 23.2 Å². The van der Waals surface area contributed by atoms with Crippen LogP contribution in [0.4, 0.5) is 4.39 Å². The van der Waals surface area contributed by atoms with E-state index in [0.717, 1.165) is 22.0 Å². The van der Waals surface area contributed by atoms with Crippen LogP contribution in [0, 0.1) is 19.7 Å². The minimum Gasteiger partial charge on any atom is -0.228 e. The van der Waals surface area contributed by atoms with Crippen LogP contribution in [0.2, 0.25) is 10.2 Å². The summed E-state index contributed by atoms with van der Waals surface area (Å²) in [6, 6.07) is 8.48. The molecule has 0 aliphatic rings. The molecule has 0 amide bonds. The lowest BCUT2D eigenvalue weighted by Gasteiger charge is -2.09. The van der Waals surface area contributed by atoms with E-state index in [9.17, 15) is 4.39 Å². The predicted octanol–water partition coefficient (Wildman–Crippen LogP) is 5.36. The van der Waals surface area contributed by atoms with Gasteiger partial charge < -0.3 is 0 Å². The molecule has 0 atom stereocenters. The minimum atomic E-state index is -0.505. The predicted molar refractivity (Wildman–Crippen MR) is 84.4 cm³/mol. The van der Waals surface area contributed by atoms with Gasteiger partial charge >= 0.3 is 0 Å². The van der Waals surface area contributed by atoms with Crippen molar-refractivity contribution in [2.75, 3.05) is 0 Å². The molecule has 1 heterocycles. The largest absolute Gasteiger partial charge is 0.228 e. The summed E-state index contributed by atoms with van der Waals surface area (Å²) in [7, 11) is 0. The molecular formula is C16H11Cl2FN2. The molecule has 21 heavy (non-hydrogen) atoms. The second kappa shape index (κ2) is 5.24. The Morgan fingerprint density at radius 3 is 2.57 bits per heavy atom. The van der Waals surface area contributed by atoms with Crippen molar-refractivity contribution < 1.29 is 4.39 Å². The first-order valence-corrected chi connectivity index (χ1v) is 7.12. The van der Waals surface area contributed by atoms with E-state index in [1.165, 1.54) is 6.07 Å². The zero-order valence-corrected chi connectivity index (χ0v) is 12.9. The van der Waals surface area contributed by atoms with E-state index in [1.54, 1.807) is 12.1 Å². The summed E-state index contributed by atoms with van der Waals surface area (Å²) in [5.74, 6) is -0.184. The summed E-state index contributed by atoms with van der Waals surface area (Å²) < 4.78 is 13.6. The van der Waals surface area contributed by atoms with Gasteiger partial charge in [0.25, 0.3) is 0 Å². The summed E-state index contributed by atoms with van der Waals surface area (Å²) in [5, 5.41) is 1.14. The monoisotopic (exact) mass is 320 g/mol. The van der Waals surface area contributed by atoms with Crippen molar-refractivity contribution in [2.24, 2.45) is 0 Å². The maximum absolute atomic E-state index is 13.6. The first-order valence-electron chi connectivity index (χ1n) is 6.36. The Kier molecular flexibility index (Phi) is 3.56. The third-order valence-corrected chi connectivity index (χ3v) is 3.95. The van der Waals surface area contributed by atoms with Gasteiger partial charge in [-0.2, -0.15) is 0 Å². The smallest absolute Gasteiger partial charge is 0.163 e. The summed E-state index contributed by atoms with van der Waals surface area (Å²) in [5.41, 5.74) is 3.24. The van der Waals surface area contributed by atoms with E-state index >= 15 is 0 Å². The van der Waals surface area contributed by atoms with E-state index in [1.807, 2.05) is 26.0 Å². The topological polar surface area (TPSA) is 25.8 Å². The SMILES string of the molecule is Cc1cc(C)c2c(Cl)nc(-c3cccc(F)c3Cl)nc2c1. The van der Waals surface area contributed by atoms with Crippen LogP contribution in [-0.2, 0) is 0 Å². The van der Waals surface area contributed by atoms with Crippen LogP contribution in [0.25, 0.3) is 22.3 Å². The number of aryl methyl sites for hydroxylation is 2. The van der Waals surface area contributed by atoms with Gasteiger partial charge in [-0.25, -0.2) is 14.4 Å². The molecule has 0 saturated heterocycles.